The highest BCUT2D eigenvalue weighted by molar-refractivity contribution is 4.77. The van der Waals surface area contributed by atoms with Gasteiger partial charge in [-0.3, -0.25) is 0 Å². The van der Waals surface area contributed by atoms with Crippen molar-refractivity contribution in [2.75, 3.05) is 26.2 Å². The van der Waals surface area contributed by atoms with Crippen molar-refractivity contribution in [3.63, 3.8) is 0 Å². The molecule has 0 bridgehead atoms. The zero-order chi connectivity index (χ0) is 12.3. The minimum Gasteiger partial charge on any atom is -0.317 e. The van der Waals surface area contributed by atoms with Crippen LogP contribution in [0.25, 0.3) is 0 Å². The first-order chi connectivity index (χ1) is 8.38. The first-order valence-corrected chi connectivity index (χ1v) is 7.83. The summed E-state index contributed by atoms with van der Waals surface area (Å²) in [6, 6.07) is 0.904. The van der Waals surface area contributed by atoms with Gasteiger partial charge in [0.1, 0.15) is 0 Å². The lowest BCUT2D eigenvalue weighted by Crippen LogP contribution is -2.29. The number of nitrogens with zero attached hydrogens (tertiary/aromatic N) is 1. The number of hydrogen-bond acceptors (Lipinski definition) is 2. The molecular formula is C15H32N2. The lowest BCUT2D eigenvalue weighted by Gasteiger charge is -2.23. The molecule has 2 nitrogen and oxygen atoms in total. The molecule has 2 heteroatoms. The van der Waals surface area contributed by atoms with E-state index in [4.69, 9.17) is 0 Å². The highest BCUT2D eigenvalue weighted by Gasteiger charge is 2.21. The first kappa shape index (κ1) is 15.0. The van der Waals surface area contributed by atoms with Crippen LogP contribution in [-0.4, -0.2) is 37.1 Å². The van der Waals surface area contributed by atoms with E-state index in [0.29, 0.717) is 0 Å². The topological polar surface area (TPSA) is 15.3 Å². The fourth-order valence-corrected chi connectivity index (χ4v) is 2.87. The maximum atomic E-state index is 3.47. The Labute approximate surface area is 108 Å². The number of hydrogen-bond donors (Lipinski definition) is 1. The molecule has 1 aliphatic rings. The SMILES string of the molecule is CCCNCCCCCCN1CCCC1CC. The zero-order valence-corrected chi connectivity index (χ0v) is 12.0. The molecule has 1 N–H and O–H groups in total. The molecule has 0 saturated carbocycles. The molecule has 1 rings (SSSR count). The van der Waals surface area contributed by atoms with Gasteiger partial charge in [0.05, 0.1) is 0 Å². The van der Waals surface area contributed by atoms with Crippen LogP contribution in [0, 0.1) is 0 Å². The summed E-state index contributed by atoms with van der Waals surface area (Å²) >= 11 is 0. The Bertz CT molecular complexity index is 170. The molecule has 0 aliphatic carbocycles. The van der Waals surface area contributed by atoms with Gasteiger partial charge < -0.3 is 10.2 Å². The predicted octanol–water partition coefficient (Wildman–Crippen LogP) is 3.42. The summed E-state index contributed by atoms with van der Waals surface area (Å²) in [4.78, 5) is 2.72. The van der Waals surface area contributed by atoms with Crippen molar-refractivity contribution < 1.29 is 0 Å². The highest BCUT2D eigenvalue weighted by Crippen LogP contribution is 2.20. The van der Waals surface area contributed by atoms with Crippen LogP contribution in [0.3, 0.4) is 0 Å². The van der Waals surface area contributed by atoms with Gasteiger partial charge in [-0.05, 0) is 64.7 Å². The molecule has 0 aromatic carbocycles. The Kier molecular flexibility index (Phi) is 8.72. The van der Waals surface area contributed by atoms with Gasteiger partial charge in [0.2, 0.25) is 0 Å². The number of rotatable bonds is 10. The van der Waals surface area contributed by atoms with Crippen molar-refractivity contribution in [2.45, 2.75) is 71.3 Å². The van der Waals surface area contributed by atoms with Crippen molar-refractivity contribution >= 4 is 0 Å². The van der Waals surface area contributed by atoms with Gasteiger partial charge in [-0.2, -0.15) is 0 Å². The van der Waals surface area contributed by atoms with Gasteiger partial charge in [-0.15, -0.1) is 0 Å². The summed E-state index contributed by atoms with van der Waals surface area (Å²) in [6.07, 6.45) is 11.1. The second-order valence-corrected chi connectivity index (χ2v) is 5.40. The van der Waals surface area contributed by atoms with Gasteiger partial charge in [0.25, 0.3) is 0 Å². The third-order valence-electron chi connectivity index (χ3n) is 3.95. The van der Waals surface area contributed by atoms with E-state index in [2.05, 4.69) is 24.1 Å². The van der Waals surface area contributed by atoms with Crippen molar-refractivity contribution in [3.8, 4) is 0 Å². The molecule has 1 saturated heterocycles. The summed E-state index contributed by atoms with van der Waals surface area (Å²) in [5.41, 5.74) is 0. The molecule has 1 unspecified atom stereocenters. The van der Waals surface area contributed by atoms with Crippen LogP contribution >= 0.6 is 0 Å². The predicted molar refractivity (Wildman–Crippen MR) is 76.5 cm³/mol. The van der Waals surface area contributed by atoms with Gasteiger partial charge in [0, 0.05) is 6.04 Å². The van der Waals surface area contributed by atoms with Gasteiger partial charge in [-0.1, -0.05) is 26.7 Å². The molecule has 0 radical (unpaired) electrons. The van der Waals surface area contributed by atoms with E-state index in [9.17, 15) is 0 Å². The molecule has 1 heterocycles. The number of likely N-dealkylation sites (tertiary alicyclic amines) is 1. The van der Waals surface area contributed by atoms with Crippen LogP contribution in [-0.2, 0) is 0 Å². The summed E-state index contributed by atoms with van der Waals surface area (Å²) in [6.45, 7) is 9.67. The number of nitrogens with one attached hydrogen (secondary N) is 1. The van der Waals surface area contributed by atoms with Crippen LogP contribution in [0.2, 0.25) is 0 Å². The van der Waals surface area contributed by atoms with E-state index in [-0.39, 0.29) is 0 Å². The maximum Gasteiger partial charge on any atom is 0.00931 e. The van der Waals surface area contributed by atoms with Gasteiger partial charge >= 0.3 is 0 Å². The van der Waals surface area contributed by atoms with E-state index in [1.165, 1.54) is 77.5 Å². The minimum atomic E-state index is 0.904. The molecule has 102 valence electrons. The van der Waals surface area contributed by atoms with Crippen LogP contribution in [0.1, 0.15) is 65.2 Å². The van der Waals surface area contributed by atoms with Crippen molar-refractivity contribution in [2.24, 2.45) is 0 Å². The third-order valence-corrected chi connectivity index (χ3v) is 3.95. The molecule has 0 aromatic rings. The Morgan fingerprint density at radius 2 is 1.88 bits per heavy atom. The largest absolute Gasteiger partial charge is 0.317 e. The van der Waals surface area contributed by atoms with E-state index in [1.807, 2.05) is 0 Å². The van der Waals surface area contributed by atoms with Crippen LogP contribution in [0.15, 0.2) is 0 Å². The van der Waals surface area contributed by atoms with E-state index < -0.39 is 0 Å². The maximum absolute atomic E-state index is 3.47. The summed E-state index contributed by atoms with van der Waals surface area (Å²) < 4.78 is 0. The standard InChI is InChI=1S/C15H32N2/c1-3-11-16-12-7-5-6-8-13-17-14-9-10-15(17)4-2/h15-16H,3-14H2,1-2H3. The second kappa shape index (κ2) is 9.90. The minimum absolute atomic E-state index is 0.904. The Hall–Kier alpha value is -0.0800. The summed E-state index contributed by atoms with van der Waals surface area (Å²) in [5, 5.41) is 3.47. The zero-order valence-electron chi connectivity index (χ0n) is 12.0. The summed E-state index contributed by atoms with van der Waals surface area (Å²) in [7, 11) is 0. The Morgan fingerprint density at radius 3 is 2.65 bits per heavy atom. The van der Waals surface area contributed by atoms with Crippen LogP contribution < -0.4 is 5.32 Å². The van der Waals surface area contributed by atoms with Crippen molar-refractivity contribution in [3.05, 3.63) is 0 Å². The molecule has 1 fully saturated rings. The van der Waals surface area contributed by atoms with Gasteiger partial charge in [0.15, 0.2) is 0 Å². The average molecular weight is 240 g/mol. The highest BCUT2D eigenvalue weighted by atomic mass is 15.2. The molecule has 17 heavy (non-hydrogen) atoms. The van der Waals surface area contributed by atoms with Gasteiger partial charge in [-0.25, -0.2) is 0 Å². The van der Waals surface area contributed by atoms with Crippen molar-refractivity contribution in [1.82, 2.24) is 10.2 Å². The smallest absolute Gasteiger partial charge is 0.00931 e. The Morgan fingerprint density at radius 1 is 1.06 bits per heavy atom. The quantitative estimate of drug-likeness (QED) is 0.589. The molecule has 0 amide bonds. The molecule has 0 aromatic heterocycles. The van der Waals surface area contributed by atoms with Crippen LogP contribution in [0.4, 0.5) is 0 Å². The lowest BCUT2D eigenvalue weighted by molar-refractivity contribution is 0.242. The third kappa shape index (κ3) is 6.42. The summed E-state index contributed by atoms with van der Waals surface area (Å²) in [5.74, 6) is 0. The van der Waals surface area contributed by atoms with E-state index >= 15 is 0 Å². The van der Waals surface area contributed by atoms with E-state index in [1.54, 1.807) is 0 Å². The fourth-order valence-electron chi connectivity index (χ4n) is 2.87. The molecular weight excluding hydrogens is 208 g/mol. The monoisotopic (exact) mass is 240 g/mol. The number of unbranched alkanes of at least 4 members (excludes halogenated alkanes) is 3. The molecule has 1 aliphatic heterocycles. The van der Waals surface area contributed by atoms with Crippen LogP contribution in [0.5, 0.6) is 0 Å². The molecule has 0 spiro atoms. The average Bonchev–Trinajstić information content (AvgIpc) is 2.80. The second-order valence-electron chi connectivity index (χ2n) is 5.40. The first-order valence-electron chi connectivity index (χ1n) is 7.83. The Balaban J connectivity index is 1.87. The van der Waals surface area contributed by atoms with E-state index in [0.717, 1.165) is 6.04 Å². The fraction of sp³-hybridized carbons (Fsp3) is 1.00. The lowest BCUT2D eigenvalue weighted by atomic mass is 10.1. The molecule has 1 atom stereocenters. The normalized spacial score (nSPS) is 21.2. The van der Waals surface area contributed by atoms with Crippen molar-refractivity contribution in [1.29, 1.82) is 0 Å².